The van der Waals surface area contributed by atoms with Crippen LogP contribution in [0.25, 0.3) is 32.7 Å². The van der Waals surface area contributed by atoms with Crippen LogP contribution in [0.2, 0.25) is 0 Å². The molecule has 4 rings (SSSR count). The summed E-state index contributed by atoms with van der Waals surface area (Å²) in [7, 11) is 0. The molecule has 32 heavy (non-hydrogen) atoms. The van der Waals surface area contributed by atoms with Gasteiger partial charge in [0.2, 0.25) is 0 Å². The standard InChI is InChI=1S/C28H30O4/c1-3-5-7-17-9-11-21-19(13-17)15-23(29)27(31)25(21)26-22-12-10-18(8-6-4-2)14-20(22)16-24(30)28(26)32/h9-16,29-32H,3-8H2,1-2H3. The van der Waals surface area contributed by atoms with E-state index in [1.54, 1.807) is 12.1 Å². The second kappa shape index (κ2) is 8.99. The summed E-state index contributed by atoms with van der Waals surface area (Å²) in [6.07, 6.45) is 6.19. The van der Waals surface area contributed by atoms with Crippen LogP contribution in [0.3, 0.4) is 0 Å². The summed E-state index contributed by atoms with van der Waals surface area (Å²) in [4.78, 5) is 0. The molecule has 4 aromatic carbocycles. The van der Waals surface area contributed by atoms with Gasteiger partial charge in [0.05, 0.1) is 0 Å². The minimum Gasteiger partial charge on any atom is -0.504 e. The highest BCUT2D eigenvalue weighted by Crippen LogP contribution is 2.51. The maximum Gasteiger partial charge on any atom is 0.166 e. The predicted molar refractivity (Wildman–Crippen MR) is 131 cm³/mol. The van der Waals surface area contributed by atoms with Crippen LogP contribution in [0.5, 0.6) is 23.0 Å². The lowest BCUT2D eigenvalue weighted by Gasteiger charge is -2.17. The second-order valence-electron chi connectivity index (χ2n) is 8.56. The summed E-state index contributed by atoms with van der Waals surface area (Å²) in [6, 6.07) is 15.0. The van der Waals surface area contributed by atoms with Crippen molar-refractivity contribution in [2.75, 3.05) is 0 Å². The number of benzene rings is 4. The van der Waals surface area contributed by atoms with Gasteiger partial charge in [-0.05, 0) is 70.5 Å². The number of aryl methyl sites for hydroxylation is 2. The fraction of sp³-hybridized carbons (Fsp3) is 0.286. The fourth-order valence-electron chi connectivity index (χ4n) is 4.44. The first-order valence-corrected chi connectivity index (χ1v) is 11.4. The zero-order valence-electron chi connectivity index (χ0n) is 18.7. The molecule has 0 radical (unpaired) electrons. The number of fused-ring (bicyclic) bond motifs is 2. The Morgan fingerprint density at radius 3 is 1.34 bits per heavy atom. The third-order valence-electron chi connectivity index (χ3n) is 6.20. The average Bonchev–Trinajstić information content (AvgIpc) is 2.79. The molecule has 4 N–H and O–H groups in total. The molecule has 0 heterocycles. The van der Waals surface area contributed by atoms with E-state index in [2.05, 4.69) is 13.8 Å². The lowest BCUT2D eigenvalue weighted by Crippen LogP contribution is -1.91. The molecular formula is C28H30O4. The van der Waals surface area contributed by atoms with Crippen molar-refractivity contribution in [3.05, 3.63) is 59.7 Å². The normalized spacial score (nSPS) is 11.4. The van der Waals surface area contributed by atoms with E-state index >= 15 is 0 Å². The summed E-state index contributed by atoms with van der Waals surface area (Å²) in [5.74, 6) is -1.13. The Bertz CT molecular complexity index is 1190. The van der Waals surface area contributed by atoms with Crippen molar-refractivity contribution >= 4 is 21.5 Å². The summed E-state index contributed by atoms with van der Waals surface area (Å²) < 4.78 is 0. The first-order valence-electron chi connectivity index (χ1n) is 11.4. The van der Waals surface area contributed by atoms with Gasteiger partial charge in [0.1, 0.15) is 0 Å². The van der Waals surface area contributed by atoms with Crippen LogP contribution < -0.4 is 0 Å². The van der Waals surface area contributed by atoms with Gasteiger partial charge < -0.3 is 20.4 Å². The molecule has 0 saturated heterocycles. The maximum atomic E-state index is 10.9. The summed E-state index contributed by atoms with van der Waals surface area (Å²) in [5.41, 5.74) is 2.95. The molecule has 0 atom stereocenters. The number of hydrogen-bond acceptors (Lipinski definition) is 4. The van der Waals surface area contributed by atoms with Gasteiger partial charge in [-0.25, -0.2) is 0 Å². The van der Waals surface area contributed by atoms with Crippen LogP contribution >= 0.6 is 0 Å². The average molecular weight is 431 g/mol. The Morgan fingerprint density at radius 1 is 0.562 bits per heavy atom. The molecule has 0 aliphatic rings. The van der Waals surface area contributed by atoms with Crippen LogP contribution in [0.1, 0.15) is 50.7 Å². The van der Waals surface area contributed by atoms with Gasteiger partial charge in [0.25, 0.3) is 0 Å². The Balaban J connectivity index is 1.99. The molecule has 0 unspecified atom stereocenters. The first kappa shape index (κ1) is 21.8. The molecule has 166 valence electrons. The Morgan fingerprint density at radius 2 is 0.969 bits per heavy atom. The highest BCUT2D eigenvalue weighted by Gasteiger charge is 2.22. The topological polar surface area (TPSA) is 80.9 Å². The van der Waals surface area contributed by atoms with E-state index in [0.717, 1.165) is 60.4 Å². The van der Waals surface area contributed by atoms with E-state index in [0.29, 0.717) is 21.9 Å². The number of unbranched alkanes of at least 4 members (excludes halogenated alkanes) is 2. The molecule has 0 saturated carbocycles. The van der Waals surface area contributed by atoms with Gasteiger partial charge in [0, 0.05) is 11.1 Å². The molecule has 0 bridgehead atoms. The number of rotatable bonds is 7. The van der Waals surface area contributed by atoms with Crippen molar-refractivity contribution in [3.8, 4) is 34.1 Å². The zero-order valence-corrected chi connectivity index (χ0v) is 18.7. The van der Waals surface area contributed by atoms with Gasteiger partial charge in [0.15, 0.2) is 23.0 Å². The number of hydrogen-bond donors (Lipinski definition) is 4. The predicted octanol–water partition coefficient (Wildman–Crippen LogP) is 7.17. The Hall–Kier alpha value is -3.40. The van der Waals surface area contributed by atoms with Crippen LogP contribution in [-0.2, 0) is 12.8 Å². The van der Waals surface area contributed by atoms with Gasteiger partial charge in [-0.15, -0.1) is 0 Å². The maximum absolute atomic E-state index is 10.9. The van der Waals surface area contributed by atoms with Crippen LogP contribution in [0.15, 0.2) is 48.5 Å². The third kappa shape index (κ3) is 3.93. The largest absolute Gasteiger partial charge is 0.504 e. The van der Waals surface area contributed by atoms with Crippen molar-refractivity contribution < 1.29 is 20.4 Å². The number of phenolic OH excluding ortho intramolecular Hbond substituents is 4. The van der Waals surface area contributed by atoms with Gasteiger partial charge >= 0.3 is 0 Å². The minimum atomic E-state index is -0.309. The van der Waals surface area contributed by atoms with Crippen molar-refractivity contribution in [2.24, 2.45) is 0 Å². The van der Waals surface area contributed by atoms with E-state index in [1.165, 1.54) is 0 Å². The Labute approximate surface area is 188 Å². The molecule has 4 nitrogen and oxygen atoms in total. The van der Waals surface area contributed by atoms with Gasteiger partial charge in [-0.1, -0.05) is 63.1 Å². The van der Waals surface area contributed by atoms with E-state index in [4.69, 9.17) is 0 Å². The highest BCUT2D eigenvalue weighted by atomic mass is 16.3. The van der Waals surface area contributed by atoms with Crippen molar-refractivity contribution in [1.82, 2.24) is 0 Å². The van der Waals surface area contributed by atoms with E-state index in [1.807, 2.05) is 36.4 Å². The molecule has 4 heteroatoms. The Kier molecular flexibility index (Phi) is 6.13. The smallest absolute Gasteiger partial charge is 0.166 e. The molecule has 0 fully saturated rings. The summed E-state index contributed by atoms with van der Waals surface area (Å²) >= 11 is 0. The monoisotopic (exact) mass is 430 g/mol. The number of aromatic hydroxyl groups is 4. The van der Waals surface area contributed by atoms with Gasteiger partial charge in [-0.3, -0.25) is 0 Å². The highest BCUT2D eigenvalue weighted by molar-refractivity contribution is 6.11. The second-order valence-corrected chi connectivity index (χ2v) is 8.56. The van der Waals surface area contributed by atoms with Gasteiger partial charge in [-0.2, -0.15) is 0 Å². The van der Waals surface area contributed by atoms with Crippen molar-refractivity contribution in [3.63, 3.8) is 0 Å². The minimum absolute atomic E-state index is 0.254. The van der Waals surface area contributed by atoms with E-state index in [-0.39, 0.29) is 23.0 Å². The number of phenols is 4. The van der Waals surface area contributed by atoms with Crippen LogP contribution in [0.4, 0.5) is 0 Å². The molecule has 4 aromatic rings. The summed E-state index contributed by atoms with van der Waals surface area (Å²) in [5, 5.41) is 45.7. The molecular weight excluding hydrogens is 400 g/mol. The molecule has 0 amide bonds. The fourth-order valence-corrected chi connectivity index (χ4v) is 4.44. The molecule has 0 spiro atoms. The molecule has 0 aliphatic carbocycles. The third-order valence-corrected chi connectivity index (χ3v) is 6.20. The molecule has 0 aliphatic heterocycles. The van der Waals surface area contributed by atoms with E-state index in [9.17, 15) is 20.4 Å². The SMILES string of the molecule is CCCCc1ccc2c(-c3c(O)c(O)cc4cc(CCCC)ccc34)c(O)c(O)cc2c1. The van der Waals surface area contributed by atoms with Crippen molar-refractivity contribution in [2.45, 2.75) is 52.4 Å². The quantitative estimate of drug-likeness (QED) is 0.234. The lowest BCUT2D eigenvalue weighted by atomic mass is 9.89. The van der Waals surface area contributed by atoms with Crippen LogP contribution in [0, 0.1) is 0 Å². The van der Waals surface area contributed by atoms with E-state index < -0.39 is 0 Å². The lowest BCUT2D eigenvalue weighted by molar-refractivity contribution is 0.401. The van der Waals surface area contributed by atoms with Crippen molar-refractivity contribution in [1.29, 1.82) is 0 Å². The molecule has 0 aromatic heterocycles. The first-order chi connectivity index (χ1) is 15.4. The van der Waals surface area contributed by atoms with Crippen LogP contribution in [-0.4, -0.2) is 20.4 Å². The summed E-state index contributed by atoms with van der Waals surface area (Å²) in [6.45, 7) is 4.29. The zero-order chi connectivity index (χ0) is 22.8.